The summed E-state index contributed by atoms with van der Waals surface area (Å²) in [5.41, 5.74) is 5.40. The minimum Gasteiger partial charge on any atom is -0.395 e. The van der Waals surface area contributed by atoms with E-state index in [1.165, 1.54) is 0 Å². The Bertz CT molecular complexity index is 174. The van der Waals surface area contributed by atoms with Crippen LogP contribution in [0.15, 0.2) is 0 Å². The van der Waals surface area contributed by atoms with Crippen LogP contribution in [0.5, 0.6) is 0 Å². The van der Waals surface area contributed by atoms with E-state index in [1.807, 2.05) is 4.90 Å². The van der Waals surface area contributed by atoms with Crippen molar-refractivity contribution in [3.8, 4) is 0 Å². The molecule has 4 N–H and O–H groups in total. The number of hydrogen-bond acceptors (Lipinski definition) is 3. The summed E-state index contributed by atoms with van der Waals surface area (Å²) in [6, 6.07) is 0. The molecular weight excluding hydrogens is 168 g/mol. The zero-order chi connectivity index (χ0) is 9.68. The molecule has 0 amide bonds. The third-order valence-electron chi connectivity index (χ3n) is 2.35. The molecule has 0 unspecified atom stereocenters. The van der Waals surface area contributed by atoms with Gasteiger partial charge in [0.25, 0.3) is 0 Å². The van der Waals surface area contributed by atoms with Gasteiger partial charge in [0.2, 0.25) is 0 Å². The molecule has 1 fully saturated rings. The van der Waals surface area contributed by atoms with Gasteiger partial charge in [0.15, 0.2) is 5.96 Å². The van der Waals surface area contributed by atoms with E-state index in [0.717, 1.165) is 39.1 Å². The minimum atomic E-state index is 0.158. The second kappa shape index (κ2) is 5.04. The molecule has 1 rings (SSSR count). The van der Waals surface area contributed by atoms with Crippen molar-refractivity contribution in [2.75, 3.05) is 39.3 Å². The van der Waals surface area contributed by atoms with Gasteiger partial charge in [-0.1, -0.05) is 0 Å². The van der Waals surface area contributed by atoms with Crippen molar-refractivity contribution >= 4 is 5.96 Å². The summed E-state index contributed by atoms with van der Waals surface area (Å²) in [5.74, 6) is 0.158. The zero-order valence-electron chi connectivity index (χ0n) is 7.87. The molecule has 0 aromatic rings. The Hall–Kier alpha value is -0.810. The zero-order valence-corrected chi connectivity index (χ0v) is 7.87. The standard InChI is InChI=1S/C8H18N4O/c9-8(10)12-3-1-2-11(4-5-12)6-7-13/h13H,1-7H2,(H3,9,10). The van der Waals surface area contributed by atoms with Crippen LogP contribution in [0.25, 0.3) is 0 Å². The number of nitrogens with one attached hydrogen (secondary N) is 1. The Kier molecular flexibility index (Phi) is 3.98. The number of β-amino-alcohol motifs (C(OH)–C–C–N with tert-alkyl or cyclic N) is 1. The van der Waals surface area contributed by atoms with E-state index < -0.39 is 0 Å². The molecule has 0 saturated carbocycles. The highest BCUT2D eigenvalue weighted by atomic mass is 16.3. The van der Waals surface area contributed by atoms with Crippen LogP contribution >= 0.6 is 0 Å². The first-order valence-corrected chi connectivity index (χ1v) is 4.66. The van der Waals surface area contributed by atoms with Crippen molar-refractivity contribution in [1.29, 1.82) is 5.41 Å². The number of guanidine groups is 1. The molecule has 0 bridgehead atoms. The maximum Gasteiger partial charge on any atom is 0.188 e. The van der Waals surface area contributed by atoms with Gasteiger partial charge in [-0.2, -0.15) is 0 Å². The molecule has 1 heterocycles. The first-order valence-electron chi connectivity index (χ1n) is 4.66. The topological polar surface area (TPSA) is 76.6 Å². The first-order chi connectivity index (χ1) is 6.24. The van der Waals surface area contributed by atoms with Gasteiger partial charge in [-0.3, -0.25) is 10.3 Å². The van der Waals surface area contributed by atoms with Crippen molar-refractivity contribution in [2.24, 2.45) is 5.73 Å². The predicted molar refractivity (Wildman–Crippen MR) is 51.6 cm³/mol. The fourth-order valence-electron chi connectivity index (χ4n) is 1.58. The lowest BCUT2D eigenvalue weighted by molar-refractivity contribution is 0.201. The predicted octanol–water partition coefficient (Wildman–Crippen LogP) is -1.12. The molecule has 76 valence electrons. The van der Waals surface area contributed by atoms with Crippen LogP contribution in [0, 0.1) is 5.41 Å². The van der Waals surface area contributed by atoms with Crippen LogP contribution in [-0.2, 0) is 0 Å². The minimum absolute atomic E-state index is 0.158. The van der Waals surface area contributed by atoms with Crippen molar-refractivity contribution < 1.29 is 5.11 Å². The monoisotopic (exact) mass is 186 g/mol. The van der Waals surface area contributed by atoms with E-state index in [1.54, 1.807) is 0 Å². The Balaban J connectivity index is 2.35. The van der Waals surface area contributed by atoms with Gasteiger partial charge in [-0.25, -0.2) is 0 Å². The molecular formula is C8H18N4O. The molecule has 5 heteroatoms. The van der Waals surface area contributed by atoms with E-state index in [4.69, 9.17) is 16.2 Å². The van der Waals surface area contributed by atoms with Crippen molar-refractivity contribution in [1.82, 2.24) is 9.80 Å². The van der Waals surface area contributed by atoms with E-state index in [0.29, 0.717) is 0 Å². The summed E-state index contributed by atoms with van der Waals surface area (Å²) in [4.78, 5) is 4.07. The summed E-state index contributed by atoms with van der Waals surface area (Å²) in [6.07, 6.45) is 1.01. The number of aliphatic hydroxyl groups is 1. The van der Waals surface area contributed by atoms with Gasteiger partial charge in [0.1, 0.15) is 0 Å². The highest BCUT2D eigenvalue weighted by Crippen LogP contribution is 2.01. The molecule has 0 radical (unpaired) electrons. The summed E-state index contributed by atoms with van der Waals surface area (Å²) in [5, 5.41) is 16.1. The lowest BCUT2D eigenvalue weighted by Gasteiger charge is -2.21. The maximum absolute atomic E-state index is 8.76. The van der Waals surface area contributed by atoms with Crippen LogP contribution < -0.4 is 5.73 Å². The average Bonchev–Trinajstić information content (AvgIpc) is 2.30. The van der Waals surface area contributed by atoms with Crippen LogP contribution in [-0.4, -0.2) is 60.2 Å². The average molecular weight is 186 g/mol. The lowest BCUT2D eigenvalue weighted by Crippen LogP contribution is -2.39. The van der Waals surface area contributed by atoms with E-state index in [-0.39, 0.29) is 12.6 Å². The Morgan fingerprint density at radius 2 is 2.08 bits per heavy atom. The van der Waals surface area contributed by atoms with Gasteiger partial charge in [-0.05, 0) is 13.0 Å². The Morgan fingerprint density at radius 1 is 1.31 bits per heavy atom. The third kappa shape index (κ3) is 3.20. The largest absolute Gasteiger partial charge is 0.395 e. The van der Waals surface area contributed by atoms with Gasteiger partial charge < -0.3 is 15.7 Å². The Labute approximate surface area is 78.6 Å². The number of rotatable bonds is 2. The summed E-state index contributed by atoms with van der Waals surface area (Å²) in [6.45, 7) is 4.48. The number of aliphatic hydroxyl groups excluding tert-OH is 1. The highest BCUT2D eigenvalue weighted by Gasteiger charge is 2.14. The quantitative estimate of drug-likeness (QED) is 0.377. The van der Waals surface area contributed by atoms with E-state index in [9.17, 15) is 0 Å². The van der Waals surface area contributed by atoms with Gasteiger partial charge >= 0.3 is 0 Å². The second-order valence-corrected chi connectivity index (χ2v) is 3.29. The number of nitrogens with two attached hydrogens (primary N) is 1. The molecule has 13 heavy (non-hydrogen) atoms. The SMILES string of the molecule is N=C(N)N1CCCN(CCO)CC1. The van der Waals surface area contributed by atoms with Gasteiger partial charge in [0.05, 0.1) is 6.61 Å². The summed E-state index contributed by atoms with van der Waals surface area (Å²) in [7, 11) is 0. The molecule has 0 aromatic carbocycles. The molecule has 0 aromatic heterocycles. The third-order valence-corrected chi connectivity index (χ3v) is 2.35. The van der Waals surface area contributed by atoms with Crippen molar-refractivity contribution in [3.63, 3.8) is 0 Å². The molecule has 1 aliphatic rings. The van der Waals surface area contributed by atoms with Crippen LogP contribution in [0.1, 0.15) is 6.42 Å². The fraction of sp³-hybridized carbons (Fsp3) is 0.875. The number of hydrogen-bond donors (Lipinski definition) is 3. The van der Waals surface area contributed by atoms with E-state index in [2.05, 4.69) is 4.90 Å². The van der Waals surface area contributed by atoms with Crippen LogP contribution in [0.3, 0.4) is 0 Å². The van der Waals surface area contributed by atoms with Crippen LogP contribution in [0.2, 0.25) is 0 Å². The summed E-state index contributed by atoms with van der Waals surface area (Å²) < 4.78 is 0. The smallest absolute Gasteiger partial charge is 0.188 e. The molecule has 1 aliphatic heterocycles. The van der Waals surface area contributed by atoms with Crippen LogP contribution in [0.4, 0.5) is 0 Å². The number of nitrogens with zero attached hydrogens (tertiary/aromatic N) is 2. The molecule has 0 aliphatic carbocycles. The normalized spacial score (nSPS) is 19.9. The van der Waals surface area contributed by atoms with Gasteiger partial charge in [0, 0.05) is 26.2 Å². The fourth-order valence-corrected chi connectivity index (χ4v) is 1.58. The first kappa shape index (κ1) is 10.3. The molecule has 5 nitrogen and oxygen atoms in total. The molecule has 1 saturated heterocycles. The van der Waals surface area contributed by atoms with Crippen molar-refractivity contribution in [2.45, 2.75) is 6.42 Å². The lowest BCUT2D eigenvalue weighted by atomic mass is 10.4. The van der Waals surface area contributed by atoms with Gasteiger partial charge in [-0.15, -0.1) is 0 Å². The second-order valence-electron chi connectivity index (χ2n) is 3.29. The van der Waals surface area contributed by atoms with Crippen molar-refractivity contribution in [3.05, 3.63) is 0 Å². The maximum atomic E-state index is 8.76. The molecule has 0 spiro atoms. The highest BCUT2D eigenvalue weighted by molar-refractivity contribution is 5.74. The molecule has 0 atom stereocenters. The summed E-state index contributed by atoms with van der Waals surface area (Å²) >= 11 is 0. The Morgan fingerprint density at radius 3 is 2.69 bits per heavy atom. The van der Waals surface area contributed by atoms with E-state index >= 15 is 0 Å².